The van der Waals surface area contributed by atoms with Crippen LogP contribution in [0.25, 0.3) is 0 Å². The van der Waals surface area contributed by atoms with E-state index in [1.165, 1.54) is 0 Å². The Balaban J connectivity index is 2.23. The summed E-state index contributed by atoms with van der Waals surface area (Å²) >= 11 is 6.03. The number of halogens is 1. The van der Waals surface area contributed by atoms with E-state index in [2.05, 4.69) is 23.9 Å². The first-order valence-corrected chi connectivity index (χ1v) is 8.08. The van der Waals surface area contributed by atoms with Gasteiger partial charge in [-0.1, -0.05) is 25.4 Å². The van der Waals surface area contributed by atoms with Crippen molar-refractivity contribution in [2.45, 2.75) is 37.8 Å². The maximum Gasteiger partial charge on any atom is 0.240 e. The van der Waals surface area contributed by atoms with Crippen molar-refractivity contribution in [3.05, 3.63) is 28.8 Å². The van der Waals surface area contributed by atoms with Gasteiger partial charge in [-0.25, -0.2) is 13.1 Å². The molecule has 2 N–H and O–H groups in total. The second kappa shape index (κ2) is 5.05. The van der Waals surface area contributed by atoms with Crippen LogP contribution in [0.5, 0.6) is 0 Å². The molecule has 1 aromatic carbocycles. The third-order valence-electron chi connectivity index (χ3n) is 3.51. The monoisotopic (exact) mass is 302 g/mol. The lowest BCUT2D eigenvalue weighted by molar-refractivity contribution is 0.555. The van der Waals surface area contributed by atoms with E-state index in [9.17, 15) is 8.42 Å². The molecule has 1 atom stereocenters. The van der Waals surface area contributed by atoms with Crippen molar-refractivity contribution in [3.8, 4) is 0 Å². The molecule has 1 unspecified atom stereocenters. The van der Waals surface area contributed by atoms with E-state index in [4.69, 9.17) is 11.6 Å². The summed E-state index contributed by atoms with van der Waals surface area (Å²) in [6, 6.07) is 4.82. The van der Waals surface area contributed by atoms with Gasteiger partial charge in [-0.3, -0.25) is 0 Å². The van der Waals surface area contributed by atoms with Gasteiger partial charge in [0.05, 0.1) is 4.90 Å². The number of rotatable bonds is 5. The molecule has 1 aliphatic rings. The van der Waals surface area contributed by atoms with Crippen LogP contribution in [0.15, 0.2) is 23.1 Å². The fraction of sp³-hybridized carbons (Fsp3) is 0.538. The fourth-order valence-corrected chi connectivity index (χ4v) is 3.61. The van der Waals surface area contributed by atoms with E-state index in [0.29, 0.717) is 11.6 Å². The summed E-state index contributed by atoms with van der Waals surface area (Å²) in [5.41, 5.74) is 0.843. The maximum atomic E-state index is 12.3. The standard InChI is InChI=1S/C13H19ClN2O2S/c1-13(2)7-12(13)16-19(17,18)10-4-5-11(14)9(6-10)8-15-3/h4-6,12,15-16H,7-8H2,1-3H3. The van der Waals surface area contributed by atoms with Crippen molar-refractivity contribution in [2.75, 3.05) is 7.05 Å². The molecule has 1 aromatic rings. The van der Waals surface area contributed by atoms with Gasteiger partial charge in [0.15, 0.2) is 0 Å². The van der Waals surface area contributed by atoms with Crippen LogP contribution in [0.1, 0.15) is 25.8 Å². The molecule has 19 heavy (non-hydrogen) atoms. The molecule has 6 heteroatoms. The zero-order chi connectivity index (χ0) is 14.3. The SMILES string of the molecule is CNCc1cc(S(=O)(=O)NC2CC2(C)C)ccc1Cl. The van der Waals surface area contributed by atoms with Gasteiger partial charge in [-0.05, 0) is 42.6 Å². The summed E-state index contributed by atoms with van der Waals surface area (Å²) in [5.74, 6) is 0. The first kappa shape index (κ1) is 14.8. The molecule has 0 amide bonds. The highest BCUT2D eigenvalue weighted by Crippen LogP contribution is 2.45. The van der Waals surface area contributed by atoms with E-state index in [1.807, 2.05) is 0 Å². The number of sulfonamides is 1. The van der Waals surface area contributed by atoms with Crippen LogP contribution in [0, 0.1) is 5.41 Å². The van der Waals surface area contributed by atoms with Crippen LogP contribution in [0.3, 0.4) is 0 Å². The van der Waals surface area contributed by atoms with Gasteiger partial charge in [-0.2, -0.15) is 0 Å². The van der Waals surface area contributed by atoms with E-state index in [-0.39, 0.29) is 16.4 Å². The second-order valence-electron chi connectivity index (χ2n) is 5.65. The van der Waals surface area contributed by atoms with E-state index >= 15 is 0 Å². The van der Waals surface area contributed by atoms with Crippen molar-refractivity contribution in [1.29, 1.82) is 0 Å². The quantitative estimate of drug-likeness (QED) is 0.876. The first-order valence-electron chi connectivity index (χ1n) is 6.21. The lowest BCUT2D eigenvalue weighted by Gasteiger charge is -2.10. The molecule has 0 saturated heterocycles. The number of hydrogen-bond donors (Lipinski definition) is 2. The Morgan fingerprint density at radius 2 is 2.05 bits per heavy atom. The van der Waals surface area contributed by atoms with Gasteiger partial charge in [0.25, 0.3) is 0 Å². The Labute approximate surface area is 119 Å². The van der Waals surface area contributed by atoms with Crippen LogP contribution < -0.4 is 10.0 Å². The molecule has 0 spiro atoms. The number of nitrogens with one attached hydrogen (secondary N) is 2. The van der Waals surface area contributed by atoms with Gasteiger partial charge >= 0.3 is 0 Å². The Bertz CT molecular complexity index is 584. The molecule has 1 aliphatic carbocycles. The lowest BCUT2D eigenvalue weighted by atomic mass is 10.2. The Hall–Kier alpha value is -0.620. The zero-order valence-corrected chi connectivity index (χ0v) is 12.9. The summed E-state index contributed by atoms with van der Waals surface area (Å²) in [4.78, 5) is 0.268. The molecule has 0 aliphatic heterocycles. The Kier molecular flexibility index (Phi) is 3.93. The minimum absolute atomic E-state index is 0.0286. The third-order valence-corrected chi connectivity index (χ3v) is 5.34. The van der Waals surface area contributed by atoms with Crippen molar-refractivity contribution in [3.63, 3.8) is 0 Å². The van der Waals surface area contributed by atoms with E-state index < -0.39 is 10.0 Å². The number of hydrogen-bond acceptors (Lipinski definition) is 3. The van der Waals surface area contributed by atoms with Crippen molar-refractivity contribution in [1.82, 2.24) is 10.0 Å². The highest BCUT2D eigenvalue weighted by atomic mass is 35.5. The van der Waals surface area contributed by atoms with E-state index in [0.717, 1.165) is 12.0 Å². The molecular weight excluding hydrogens is 284 g/mol. The molecule has 1 saturated carbocycles. The Morgan fingerprint density at radius 3 is 2.58 bits per heavy atom. The predicted molar refractivity (Wildman–Crippen MR) is 76.7 cm³/mol. The van der Waals surface area contributed by atoms with Gasteiger partial charge in [-0.15, -0.1) is 0 Å². The first-order chi connectivity index (χ1) is 8.76. The highest BCUT2D eigenvalue weighted by Gasteiger charge is 2.47. The summed E-state index contributed by atoms with van der Waals surface area (Å²) in [7, 11) is -1.67. The molecule has 0 heterocycles. The minimum atomic E-state index is -3.46. The average Bonchev–Trinajstić information content (AvgIpc) is 2.88. The number of benzene rings is 1. The molecule has 4 nitrogen and oxygen atoms in total. The van der Waals surface area contributed by atoms with Crippen molar-refractivity contribution in [2.24, 2.45) is 5.41 Å². The van der Waals surface area contributed by atoms with Crippen LogP contribution in [0.2, 0.25) is 5.02 Å². The molecule has 0 aromatic heterocycles. The normalized spacial score (nSPS) is 21.4. The fourth-order valence-electron chi connectivity index (χ4n) is 1.97. The largest absolute Gasteiger partial charge is 0.316 e. The zero-order valence-electron chi connectivity index (χ0n) is 11.3. The van der Waals surface area contributed by atoms with Crippen LogP contribution >= 0.6 is 11.6 Å². The molecule has 2 rings (SSSR count). The molecule has 0 radical (unpaired) electrons. The van der Waals surface area contributed by atoms with Crippen molar-refractivity contribution < 1.29 is 8.42 Å². The van der Waals surface area contributed by atoms with Gasteiger partial charge in [0, 0.05) is 17.6 Å². The summed E-state index contributed by atoms with van der Waals surface area (Å²) in [6.07, 6.45) is 0.878. The summed E-state index contributed by atoms with van der Waals surface area (Å²) in [5, 5.41) is 3.54. The molecular formula is C13H19ClN2O2S. The van der Waals surface area contributed by atoms with Gasteiger partial charge in [0.1, 0.15) is 0 Å². The maximum absolute atomic E-state index is 12.3. The summed E-state index contributed by atoms with van der Waals surface area (Å²) < 4.78 is 27.3. The molecule has 106 valence electrons. The molecule has 0 bridgehead atoms. The van der Waals surface area contributed by atoms with Gasteiger partial charge in [0.2, 0.25) is 10.0 Å². The van der Waals surface area contributed by atoms with E-state index in [1.54, 1.807) is 25.2 Å². The molecule has 1 fully saturated rings. The average molecular weight is 303 g/mol. The lowest BCUT2D eigenvalue weighted by Crippen LogP contribution is -2.28. The van der Waals surface area contributed by atoms with Crippen LogP contribution in [-0.4, -0.2) is 21.5 Å². The predicted octanol–water partition coefficient (Wildman–Crippen LogP) is 2.14. The third kappa shape index (κ3) is 3.28. The highest BCUT2D eigenvalue weighted by molar-refractivity contribution is 7.89. The summed E-state index contributed by atoms with van der Waals surface area (Å²) in [6.45, 7) is 4.64. The smallest absolute Gasteiger partial charge is 0.240 e. The van der Waals surface area contributed by atoms with Crippen molar-refractivity contribution >= 4 is 21.6 Å². The second-order valence-corrected chi connectivity index (χ2v) is 7.77. The Morgan fingerprint density at radius 1 is 1.42 bits per heavy atom. The van der Waals surface area contributed by atoms with Crippen LogP contribution in [0.4, 0.5) is 0 Å². The van der Waals surface area contributed by atoms with Gasteiger partial charge < -0.3 is 5.32 Å². The van der Waals surface area contributed by atoms with Crippen LogP contribution in [-0.2, 0) is 16.6 Å². The minimum Gasteiger partial charge on any atom is -0.316 e. The topological polar surface area (TPSA) is 58.2 Å².